The van der Waals surface area contributed by atoms with E-state index in [1.807, 2.05) is 13.8 Å². The maximum atomic E-state index is 13.1. The third-order valence-electron chi connectivity index (χ3n) is 2.73. The van der Waals surface area contributed by atoms with Crippen molar-refractivity contribution in [3.05, 3.63) is 35.5 Å². The summed E-state index contributed by atoms with van der Waals surface area (Å²) in [5, 5.41) is 3.60. The van der Waals surface area contributed by atoms with Crippen molar-refractivity contribution < 1.29 is 17.7 Å². The van der Waals surface area contributed by atoms with Gasteiger partial charge in [-0.25, -0.2) is 13.2 Å². The van der Waals surface area contributed by atoms with Gasteiger partial charge >= 0.3 is 0 Å². The number of hydrogen-bond donors (Lipinski definition) is 1. The highest BCUT2D eigenvalue weighted by Crippen LogP contribution is 2.24. The number of nitrogens with zero attached hydrogens (tertiary/aromatic N) is 2. The summed E-state index contributed by atoms with van der Waals surface area (Å²) < 4.78 is 44.1. The quantitative estimate of drug-likeness (QED) is 0.876. The van der Waals surface area contributed by atoms with Gasteiger partial charge in [-0.2, -0.15) is 4.98 Å². The van der Waals surface area contributed by atoms with E-state index in [0.29, 0.717) is 12.3 Å². The number of rotatable bonds is 4. The molecular formula is C13H14F3N3O. The van der Waals surface area contributed by atoms with Crippen molar-refractivity contribution in [2.24, 2.45) is 11.7 Å². The van der Waals surface area contributed by atoms with Gasteiger partial charge in [0.2, 0.25) is 11.7 Å². The van der Waals surface area contributed by atoms with Gasteiger partial charge in [0.05, 0.1) is 6.04 Å². The lowest BCUT2D eigenvalue weighted by Crippen LogP contribution is -2.13. The molecule has 0 saturated carbocycles. The zero-order chi connectivity index (χ0) is 14.9. The molecule has 4 nitrogen and oxygen atoms in total. The van der Waals surface area contributed by atoms with E-state index < -0.39 is 23.5 Å². The van der Waals surface area contributed by atoms with Gasteiger partial charge in [0.25, 0.3) is 0 Å². The van der Waals surface area contributed by atoms with E-state index in [9.17, 15) is 13.2 Å². The second kappa shape index (κ2) is 5.62. The molecule has 0 radical (unpaired) electrons. The first-order chi connectivity index (χ1) is 9.38. The zero-order valence-electron chi connectivity index (χ0n) is 11.0. The first kappa shape index (κ1) is 14.5. The zero-order valence-corrected chi connectivity index (χ0v) is 11.0. The van der Waals surface area contributed by atoms with Crippen LogP contribution in [0, 0.1) is 23.4 Å². The molecule has 0 spiro atoms. The topological polar surface area (TPSA) is 64.9 Å². The summed E-state index contributed by atoms with van der Waals surface area (Å²) >= 11 is 0. The maximum Gasteiger partial charge on any atom is 0.243 e. The van der Waals surface area contributed by atoms with E-state index in [1.165, 1.54) is 0 Å². The number of hydrogen-bond acceptors (Lipinski definition) is 4. The van der Waals surface area contributed by atoms with Crippen molar-refractivity contribution in [3.8, 4) is 11.4 Å². The Bertz CT molecular complexity index is 590. The van der Waals surface area contributed by atoms with Crippen LogP contribution in [0.1, 0.15) is 32.2 Å². The fourth-order valence-electron chi connectivity index (χ4n) is 1.80. The molecule has 0 fully saturated rings. The highest BCUT2D eigenvalue weighted by molar-refractivity contribution is 5.54. The predicted octanol–water partition coefficient (Wildman–Crippen LogP) is 3.20. The molecule has 1 atom stereocenters. The molecule has 20 heavy (non-hydrogen) atoms. The lowest BCUT2D eigenvalue weighted by molar-refractivity contribution is 0.335. The van der Waals surface area contributed by atoms with Crippen LogP contribution in [0.5, 0.6) is 0 Å². The lowest BCUT2D eigenvalue weighted by Gasteiger charge is -2.08. The summed E-state index contributed by atoms with van der Waals surface area (Å²) in [5.74, 6) is -3.67. The minimum atomic E-state index is -1.53. The minimum absolute atomic E-state index is 0.00635. The van der Waals surface area contributed by atoms with Gasteiger partial charge in [-0.3, -0.25) is 0 Å². The largest absolute Gasteiger partial charge is 0.337 e. The van der Waals surface area contributed by atoms with Crippen molar-refractivity contribution >= 4 is 0 Å². The smallest absolute Gasteiger partial charge is 0.243 e. The predicted molar refractivity (Wildman–Crippen MR) is 66.0 cm³/mol. The Hall–Kier alpha value is -1.89. The fraction of sp³-hybridized carbons (Fsp3) is 0.385. The summed E-state index contributed by atoms with van der Waals surface area (Å²) in [6.45, 7) is 3.98. The Balaban J connectivity index is 2.29. The van der Waals surface area contributed by atoms with Gasteiger partial charge < -0.3 is 10.3 Å². The molecule has 0 aliphatic carbocycles. The van der Waals surface area contributed by atoms with Gasteiger partial charge in [0.15, 0.2) is 17.5 Å². The van der Waals surface area contributed by atoms with E-state index in [4.69, 9.17) is 10.3 Å². The number of benzene rings is 1. The van der Waals surface area contributed by atoms with E-state index >= 15 is 0 Å². The highest BCUT2D eigenvalue weighted by atomic mass is 19.2. The molecule has 0 aliphatic rings. The third-order valence-corrected chi connectivity index (χ3v) is 2.73. The molecule has 0 amide bonds. The molecule has 2 aromatic rings. The fourth-order valence-corrected chi connectivity index (χ4v) is 1.80. The van der Waals surface area contributed by atoms with Gasteiger partial charge in [-0.1, -0.05) is 19.0 Å². The van der Waals surface area contributed by atoms with Gasteiger partial charge in [-0.05, 0) is 24.5 Å². The normalized spacial score (nSPS) is 12.9. The molecule has 7 heteroatoms. The van der Waals surface area contributed by atoms with E-state index in [1.54, 1.807) is 0 Å². The summed E-state index contributed by atoms with van der Waals surface area (Å²) in [6.07, 6.45) is 0.633. The summed E-state index contributed by atoms with van der Waals surface area (Å²) in [5.41, 5.74) is 5.86. The van der Waals surface area contributed by atoms with E-state index in [2.05, 4.69) is 10.1 Å². The van der Waals surface area contributed by atoms with Crippen molar-refractivity contribution in [1.29, 1.82) is 0 Å². The van der Waals surface area contributed by atoms with Crippen LogP contribution in [0.2, 0.25) is 0 Å². The van der Waals surface area contributed by atoms with Crippen molar-refractivity contribution in [2.45, 2.75) is 26.3 Å². The lowest BCUT2D eigenvalue weighted by atomic mass is 10.0. The minimum Gasteiger partial charge on any atom is -0.337 e. The van der Waals surface area contributed by atoms with Crippen LogP contribution >= 0.6 is 0 Å². The molecular weight excluding hydrogens is 271 g/mol. The summed E-state index contributed by atoms with van der Waals surface area (Å²) in [4.78, 5) is 3.99. The van der Waals surface area contributed by atoms with Crippen LogP contribution in [-0.4, -0.2) is 10.1 Å². The molecule has 1 aromatic carbocycles. The van der Waals surface area contributed by atoms with Crippen LogP contribution < -0.4 is 5.73 Å². The molecule has 2 N–H and O–H groups in total. The Labute approximate surface area is 113 Å². The molecule has 0 bridgehead atoms. The Kier molecular flexibility index (Phi) is 4.08. The molecule has 1 heterocycles. The molecule has 0 aliphatic heterocycles. The van der Waals surface area contributed by atoms with Gasteiger partial charge in [0.1, 0.15) is 0 Å². The standard InChI is InChI=1S/C13H14F3N3O/c1-6(2)3-10(17)13-18-12(19-20-13)7-4-8(14)11(16)9(15)5-7/h4-6,10H,3,17H2,1-2H3. The molecule has 1 aromatic heterocycles. The summed E-state index contributed by atoms with van der Waals surface area (Å²) in [7, 11) is 0. The van der Waals surface area contributed by atoms with Crippen molar-refractivity contribution in [1.82, 2.24) is 10.1 Å². The summed E-state index contributed by atoms with van der Waals surface area (Å²) in [6, 6.07) is 1.16. The van der Waals surface area contributed by atoms with Crippen LogP contribution in [0.15, 0.2) is 16.7 Å². The number of nitrogens with two attached hydrogens (primary N) is 1. The first-order valence-electron chi connectivity index (χ1n) is 6.12. The average molecular weight is 285 g/mol. The Morgan fingerprint density at radius 1 is 1.20 bits per heavy atom. The van der Waals surface area contributed by atoms with Crippen LogP contribution in [0.25, 0.3) is 11.4 Å². The monoisotopic (exact) mass is 285 g/mol. The molecule has 0 saturated heterocycles. The van der Waals surface area contributed by atoms with Crippen LogP contribution in [0.3, 0.4) is 0 Å². The van der Waals surface area contributed by atoms with E-state index in [0.717, 1.165) is 12.1 Å². The first-order valence-corrected chi connectivity index (χ1v) is 6.12. The second-order valence-corrected chi connectivity index (χ2v) is 4.95. The van der Waals surface area contributed by atoms with Gasteiger partial charge in [0, 0.05) is 5.56 Å². The molecule has 108 valence electrons. The Morgan fingerprint density at radius 2 is 1.80 bits per heavy atom. The maximum absolute atomic E-state index is 13.1. The number of halogens is 3. The Morgan fingerprint density at radius 3 is 2.35 bits per heavy atom. The van der Waals surface area contributed by atoms with Crippen LogP contribution in [-0.2, 0) is 0 Å². The van der Waals surface area contributed by atoms with Crippen molar-refractivity contribution in [3.63, 3.8) is 0 Å². The third kappa shape index (κ3) is 2.98. The van der Waals surface area contributed by atoms with E-state index in [-0.39, 0.29) is 17.3 Å². The average Bonchev–Trinajstić information content (AvgIpc) is 2.84. The second-order valence-electron chi connectivity index (χ2n) is 4.95. The van der Waals surface area contributed by atoms with Gasteiger partial charge in [-0.15, -0.1) is 0 Å². The molecule has 1 unspecified atom stereocenters. The van der Waals surface area contributed by atoms with Crippen LogP contribution in [0.4, 0.5) is 13.2 Å². The number of aromatic nitrogens is 2. The molecule has 2 rings (SSSR count). The van der Waals surface area contributed by atoms with Crippen molar-refractivity contribution in [2.75, 3.05) is 0 Å². The SMILES string of the molecule is CC(C)CC(N)c1nc(-c2cc(F)c(F)c(F)c2)no1. The highest BCUT2D eigenvalue weighted by Gasteiger charge is 2.19.